The largest absolute Gasteiger partial charge is 0.480 e. The second-order valence-electron chi connectivity index (χ2n) is 5.12. The van der Waals surface area contributed by atoms with Gasteiger partial charge in [-0.05, 0) is 30.5 Å². The molecule has 0 aliphatic rings. The third-order valence-corrected chi connectivity index (χ3v) is 2.74. The normalized spacial score (nSPS) is 12.0. The topological polar surface area (TPSA) is 82.5 Å². The molecule has 0 bridgehead atoms. The molecule has 1 aromatic rings. The van der Waals surface area contributed by atoms with Crippen LogP contribution in [-0.2, 0) is 4.79 Å². The van der Waals surface area contributed by atoms with E-state index in [0.717, 1.165) is 5.56 Å². The van der Waals surface area contributed by atoms with Crippen LogP contribution in [0.1, 0.15) is 32.4 Å². The van der Waals surface area contributed by atoms with Crippen LogP contribution in [0.3, 0.4) is 0 Å². The van der Waals surface area contributed by atoms with Gasteiger partial charge in [-0.1, -0.05) is 13.8 Å². The molecule has 0 aromatic carbocycles. The van der Waals surface area contributed by atoms with Crippen molar-refractivity contribution in [1.82, 2.24) is 15.2 Å². The summed E-state index contributed by atoms with van der Waals surface area (Å²) in [6, 6.07) is 3.06. The molecule has 2 amide bonds. The number of pyridine rings is 1. The second kappa shape index (κ2) is 7.47. The number of nitrogens with one attached hydrogen (secondary N) is 1. The zero-order valence-corrected chi connectivity index (χ0v) is 12.0. The van der Waals surface area contributed by atoms with E-state index in [9.17, 15) is 9.59 Å². The summed E-state index contributed by atoms with van der Waals surface area (Å²) in [7, 11) is 0. The number of carbonyl (C=O) groups excluding carboxylic acids is 1. The van der Waals surface area contributed by atoms with Crippen molar-refractivity contribution in [2.24, 2.45) is 5.92 Å². The number of carboxylic acid groups (broad SMARTS) is 1. The standard InChI is InChI=1S/C14H21N3O3/c1-10(2)8-17(9-13(18)19)14(20)16-11(3)12-4-6-15-7-5-12/h4-7,10-11H,8-9H2,1-3H3,(H,16,20)(H,18,19). The number of hydrogen-bond acceptors (Lipinski definition) is 3. The first-order valence-electron chi connectivity index (χ1n) is 6.57. The molecule has 0 saturated heterocycles. The first-order valence-corrected chi connectivity index (χ1v) is 6.57. The highest BCUT2D eigenvalue weighted by Gasteiger charge is 2.19. The van der Waals surface area contributed by atoms with Gasteiger partial charge in [0, 0.05) is 18.9 Å². The lowest BCUT2D eigenvalue weighted by molar-refractivity contribution is -0.137. The Kier molecular flexibility index (Phi) is 5.96. The SMILES string of the molecule is CC(C)CN(CC(=O)O)C(=O)NC(C)c1ccncc1. The number of rotatable bonds is 6. The summed E-state index contributed by atoms with van der Waals surface area (Å²) in [6.07, 6.45) is 3.31. The number of hydrogen-bond donors (Lipinski definition) is 2. The summed E-state index contributed by atoms with van der Waals surface area (Å²) in [4.78, 5) is 28.2. The summed E-state index contributed by atoms with van der Waals surface area (Å²) >= 11 is 0. The van der Waals surface area contributed by atoms with Crippen LogP contribution in [0.15, 0.2) is 24.5 Å². The van der Waals surface area contributed by atoms with E-state index in [1.807, 2.05) is 32.9 Å². The molecule has 6 heteroatoms. The Balaban J connectivity index is 2.67. The molecule has 110 valence electrons. The molecule has 0 fully saturated rings. The fourth-order valence-electron chi connectivity index (χ4n) is 1.84. The zero-order valence-electron chi connectivity index (χ0n) is 12.0. The first kappa shape index (κ1) is 15.9. The number of aromatic nitrogens is 1. The number of carbonyl (C=O) groups is 2. The first-order chi connectivity index (χ1) is 9.40. The average molecular weight is 279 g/mol. The Morgan fingerprint density at radius 1 is 1.30 bits per heavy atom. The van der Waals surface area contributed by atoms with E-state index in [0.29, 0.717) is 6.54 Å². The van der Waals surface area contributed by atoms with Gasteiger partial charge in [0.05, 0.1) is 6.04 Å². The molecule has 2 N–H and O–H groups in total. The van der Waals surface area contributed by atoms with Gasteiger partial charge in [-0.25, -0.2) is 4.79 Å². The molecule has 0 aliphatic heterocycles. The molecular weight excluding hydrogens is 258 g/mol. The van der Waals surface area contributed by atoms with Crippen LogP contribution in [0.4, 0.5) is 4.79 Å². The van der Waals surface area contributed by atoms with Crippen molar-refractivity contribution >= 4 is 12.0 Å². The zero-order chi connectivity index (χ0) is 15.1. The molecule has 6 nitrogen and oxygen atoms in total. The molecule has 0 radical (unpaired) electrons. The third kappa shape index (κ3) is 5.26. The molecule has 1 heterocycles. The van der Waals surface area contributed by atoms with Crippen molar-refractivity contribution in [2.75, 3.05) is 13.1 Å². The van der Waals surface area contributed by atoms with Crippen LogP contribution in [0.5, 0.6) is 0 Å². The van der Waals surface area contributed by atoms with Crippen LogP contribution in [-0.4, -0.2) is 40.1 Å². The number of amides is 2. The monoisotopic (exact) mass is 279 g/mol. The van der Waals surface area contributed by atoms with E-state index in [2.05, 4.69) is 10.3 Å². The molecule has 0 aliphatic carbocycles. The predicted molar refractivity (Wildman–Crippen MR) is 75.2 cm³/mol. The Morgan fingerprint density at radius 2 is 1.90 bits per heavy atom. The van der Waals surface area contributed by atoms with Gasteiger partial charge in [0.2, 0.25) is 0 Å². The summed E-state index contributed by atoms with van der Waals surface area (Å²) in [5.41, 5.74) is 0.924. The third-order valence-electron chi connectivity index (χ3n) is 2.74. The quantitative estimate of drug-likeness (QED) is 0.833. The number of carboxylic acids is 1. The Labute approximate surface area is 118 Å². The number of urea groups is 1. The van der Waals surface area contributed by atoms with E-state index in [1.54, 1.807) is 12.4 Å². The highest BCUT2D eigenvalue weighted by molar-refractivity contribution is 5.80. The van der Waals surface area contributed by atoms with Crippen LogP contribution in [0.2, 0.25) is 0 Å². The minimum absolute atomic E-state index is 0.200. The molecule has 1 aromatic heterocycles. The van der Waals surface area contributed by atoms with Gasteiger partial charge >= 0.3 is 12.0 Å². The lowest BCUT2D eigenvalue weighted by atomic mass is 10.1. The molecule has 0 saturated carbocycles. The van der Waals surface area contributed by atoms with E-state index >= 15 is 0 Å². The van der Waals surface area contributed by atoms with Gasteiger partial charge in [0.1, 0.15) is 6.54 Å². The summed E-state index contributed by atoms with van der Waals surface area (Å²) in [6.45, 7) is 5.83. The lowest BCUT2D eigenvalue weighted by Crippen LogP contribution is -2.45. The van der Waals surface area contributed by atoms with Crippen molar-refractivity contribution in [3.63, 3.8) is 0 Å². The summed E-state index contributed by atoms with van der Waals surface area (Å²) < 4.78 is 0. The maximum absolute atomic E-state index is 12.1. The second-order valence-corrected chi connectivity index (χ2v) is 5.12. The molecular formula is C14H21N3O3. The van der Waals surface area contributed by atoms with E-state index in [1.165, 1.54) is 4.90 Å². The number of nitrogens with zero attached hydrogens (tertiary/aromatic N) is 2. The van der Waals surface area contributed by atoms with Crippen molar-refractivity contribution in [3.8, 4) is 0 Å². The van der Waals surface area contributed by atoms with Crippen LogP contribution in [0.25, 0.3) is 0 Å². The predicted octanol–water partition coefficient (Wildman–Crippen LogP) is 1.89. The van der Waals surface area contributed by atoms with Crippen molar-refractivity contribution < 1.29 is 14.7 Å². The van der Waals surface area contributed by atoms with Gasteiger partial charge in [-0.2, -0.15) is 0 Å². The highest BCUT2D eigenvalue weighted by Crippen LogP contribution is 2.11. The Hall–Kier alpha value is -2.11. The minimum atomic E-state index is -1.02. The smallest absolute Gasteiger partial charge is 0.323 e. The van der Waals surface area contributed by atoms with E-state index in [-0.39, 0.29) is 24.5 Å². The lowest BCUT2D eigenvalue weighted by Gasteiger charge is -2.25. The Bertz CT molecular complexity index is 448. The van der Waals surface area contributed by atoms with Crippen molar-refractivity contribution in [1.29, 1.82) is 0 Å². The van der Waals surface area contributed by atoms with E-state index in [4.69, 9.17) is 5.11 Å². The fourth-order valence-corrected chi connectivity index (χ4v) is 1.84. The van der Waals surface area contributed by atoms with Gasteiger partial charge in [0.15, 0.2) is 0 Å². The van der Waals surface area contributed by atoms with Crippen LogP contribution in [0, 0.1) is 5.92 Å². The fraction of sp³-hybridized carbons (Fsp3) is 0.500. The Morgan fingerprint density at radius 3 is 2.40 bits per heavy atom. The highest BCUT2D eigenvalue weighted by atomic mass is 16.4. The van der Waals surface area contributed by atoms with Crippen LogP contribution >= 0.6 is 0 Å². The van der Waals surface area contributed by atoms with Gasteiger partial charge in [-0.3, -0.25) is 9.78 Å². The average Bonchev–Trinajstić information content (AvgIpc) is 2.37. The molecule has 1 unspecified atom stereocenters. The maximum Gasteiger partial charge on any atom is 0.323 e. The summed E-state index contributed by atoms with van der Waals surface area (Å²) in [5.74, 6) is -0.811. The van der Waals surface area contributed by atoms with E-state index < -0.39 is 5.97 Å². The van der Waals surface area contributed by atoms with Gasteiger partial charge in [-0.15, -0.1) is 0 Å². The van der Waals surface area contributed by atoms with Crippen molar-refractivity contribution in [2.45, 2.75) is 26.8 Å². The molecule has 20 heavy (non-hydrogen) atoms. The van der Waals surface area contributed by atoms with Gasteiger partial charge < -0.3 is 15.3 Å². The van der Waals surface area contributed by atoms with Gasteiger partial charge in [0.25, 0.3) is 0 Å². The van der Waals surface area contributed by atoms with Crippen LogP contribution < -0.4 is 5.32 Å². The number of aliphatic carboxylic acids is 1. The minimum Gasteiger partial charge on any atom is -0.480 e. The molecule has 1 rings (SSSR count). The summed E-state index contributed by atoms with van der Waals surface area (Å²) in [5, 5.41) is 11.7. The van der Waals surface area contributed by atoms with Crippen molar-refractivity contribution in [3.05, 3.63) is 30.1 Å². The maximum atomic E-state index is 12.1. The molecule has 0 spiro atoms. The molecule has 1 atom stereocenters.